The molecule has 3 fully saturated rings. The second kappa shape index (κ2) is 18.6. The third-order valence-electron chi connectivity index (χ3n) is 12.8. The van der Waals surface area contributed by atoms with Crippen molar-refractivity contribution in [2.45, 2.75) is 129 Å². The first kappa shape index (κ1) is 46.0. The summed E-state index contributed by atoms with van der Waals surface area (Å²) in [5, 5.41) is 0.665. The Kier molecular flexibility index (Phi) is 13.6. The van der Waals surface area contributed by atoms with Crippen molar-refractivity contribution in [2.24, 2.45) is 29.1 Å². The van der Waals surface area contributed by atoms with Gasteiger partial charge in [-0.25, -0.2) is 17.8 Å². The molecule has 1 aromatic heterocycles. The Labute approximate surface area is 369 Å². The molecule has 3 aromatic rings. The quantitative estimate of drug-likeness (QED) is 0.140. The summed E-state index contributed by atoms with van der Waals surface area (Å²) in [5.74, 6) is -2.99. The van der Waals surface area contributed by atoms with Crippen LogP contribution in [0.15, 0.2) is 54.6 Å². The molecule has 1 N–H and O–H groups in total. The Bertz CT molecular complexity index is 2380. The van der Waals surface area contributed by atoms with Gasteiger partial charge < -0.3 is 23.8 Å². The van der Waals surface area contributed by atoms with E-state index >= 15 is 9.18 Å². The van der Waals surface area contributed by atoms with E-state index in [-0.39, 0.29) is 67.7 Å². The summed E-state index contributed by atoms with van der Waals surface area (Å²) in [5.41, 5.74) is -0.449. The number of allylic oxidation sites excluding steroid dienone is 2. The van der Waals surface area contributed by atoms with E-state index in [4.69, 9.17) is 23.9 Å². The van der Waals surface area contributed by atoms with E-state index in [0.29, 0.717) is 53.5 Å². The normalized spacial score (nSPS) is 27.2. The molecule has 2 saturated carbocycles. The Morgan fingerprint density at radius 2 is 1.76 bits per heavy atom. The van der Waals surface area contributed by atoms with Gasteiger partial charge in [-0.2, -0.15) is 0 Å². The van der Waals surface area contributed by atoms with Gasteiger partial charge in [0, 0.05) is 23.8 Å². The first-order valence-corrected chi connectivity index (χ1v) is 23.8. The fraction of sp³-hybridized carbons (Fsp3) is 0.562. The van der Waals surface area contributed by atoms with Crippen molar-refractivity contribution in [3.05, 3.63) is 60.4 Å². The number of aromatic nitrogens is 1. The van der Waals surface area contributed by atoms with Crippen LogP contribution in [0.1, 0.15) is 99.3 Å². The number of halogens is 1. The summed E-state index contributed by atoms with van der Waals surface area (Å²) in [7, 11) is -2.35. The van der Waals surface area contributed by atoms with Gasteiger partial charge >= 0.3 is 5.97 Å². The van der Waals surface area contributed by atoms with E-state index < -0.39 is 74.2 Å². The van der Waals surface area contributed by atoms with Gasteiger partial charge in [-0.1, -0.05) is 26.0 Å². The standard InChI is InChI=1S/C48H60FN3O10S/c1-27(2)60-43-17-12-31(20-39(43)49)40-21-32-19-34(59-7)13-16-37(32)45(50-40)62-35-22-41-42(53)25-48(47(56)51-63(57,58)36-14-15-36)24-33(48)11-9-8-10-29(5)18-30(6)38(46(55)52(41)26-35)23-44(54)61-28(3)4/h9,11-13,16-17,19-21,27-30,33,35-36,38,41H,8,10,14-15,18,22-26H2,1-7H3,(H,51,56)/b11-9-/t29-,30+,33+,35+,38-,41-,48+/m0/s1. The average Bonchev–Trinajstić information content (AvgIpc) is 4.15. The minimum Gasteiger partial charge on any atom is -0.497 e. The molecule has 0 spiro atoms. The Morgan fingerprint density at radius 1 is 1.00 bits per heavy atom. The Morgan fingerprint density at radius 3 is 2.44 bits per heavy atom. The zero-order valence-corrected chi connectivity index (χ0v) is 38.0. The maximum atomic E-state index is 15.3. The number of carbonyl (C=O) groups is 4. The highest BCUT2D eigenvalue weighted by Gasteiger charge is 2.61. The molecule has 15 heteroatoms. The fourth-order valence-corrected chi connectivity index (χ4v) is 10.6. The highest BCUT2D eigenvalue weighted by molar-refractivity contribution is 7.90. The largest absolute Gasteiger partial charge is 0.497 e. The number of rotatable bonds is 12. The lowest BCUT2D eigenvalue weighted by Crippen LogP contribution is -2.47. The van der Waals surface area contributed by atoms with Crippen molar-refractivity contribution in [2.75, 3.05) is 13.7 Å². The Balaban J connectivity index is 1.26. The SMILES string of the molecule is COc1ccc2c(O[C@@H]3C[C@H]4C(=O)C[C@]5(C(=O)NS(=O)(=O)C6CC6)C[C@H]5/C=C\CC[C@H](C)C[C@@H](C)[C@H](CC(=O)OC(C)C)C(=O)N4C3)nc(-c3ccc(OC(C)C)c(F)c3)cc2c1. The number of pyridine rings is 1. The van der Waals surface area contributed by atoms with Crippen molar-refractivity contribution >= 4 is 44.4 Å². The van der Waals surface area contributed by atoms with E-state index in [2.05, 4.69) is 11.6 Å². The zero-order valence-electron chi connectivity index (χ0n) is 37.2. The second-order valence-corrected chi connectivity index (χ2v) is 20.6. The Hall–Kier alpha value is -5.05. The summed E-state index contributed by atoms with van der Waals surface area (Å²) in [6.45, 7) is 11.1. The van der Waals surface area contributed by atoms with Gasteiger partial charge in [0.25, 0.3) is 0 Å². The monoisotopic (exact) mass is 889 g/mol. The molecule has 0 radical (unpaired) electrons. The number of fused-ring (bicyclic) bond motifs is 3. The first-order valence-electron chi connectivity index (χ1n) is 22.2. The van der Waals surface area contributed by atoms with Crippen molar-refractivity contribution in [3.8, 4) is 28.6 Å². The van der Waals surface area contributed by atoms with E-state index in [9.17, 15) is 22.8 Å². The number of methoxy groups -OCH3 is 1. The van der Waals surface area contributed by atoms with Crippen LogP contribution in [0.5, 0.6) is 17.4 Å². The number of esters is 1. The predicted octanol–water partition coefficient (Wildman–Crippen LogP) is 7.73. The lowest BCUT2D eigenvalue weighted by Gasteiger charge is -2.32. The van der Waals surface area contributed by atoms with Gasteiger partial charge in [0.1, 0.15) is 11.9 Å². The second-order valence-electron chi connectivity index (χ2n) is 18.7. The van der Waals surface area contributed by atoms with Crippen molar-refractivity contribution in [1.82, 2.24) is 14.6 Å². The predicted molar refractivity (Wildman–Crippen MR) is 235 cm³/mol. The molecule has 7 atom stereocenters. The number of nitrogens with zero attached hydrogens (tertiary/aromatic N) is 2. The summed E-state index contributed by atoms with van der Waals surface area (Å²) in [6.07, 6.45) is 5.43. The topological polar surface area (TPSA) is 167 Å². The average molecular weight is 890 g/mol. The summed E-state index contributed by atoms with van der Waals surface area (Å²) in [6, 6.07) is 10.7. The zero-order chi connectivity index (χ0) is 45.4. The van der Waals surface area contributed by atoms with Crippen LogP contribution in [-0.2, 0) is 33.9 Å². The number of benzene rings is 2. The van der Waals surface area contributed by atoms with Crippen LogP contribution in [0.2, 0.25) is 0 Å². The number of Topliss-reactive ketones (excluding diaryl/α,β-unsaturated/α-hetero) is 1. The van der Waals surface area contributed by atoms with Gasteiger partial charge in [0.05, 0.1) is 60.6 Å². The summed E-state index contributed by atoms with van der Waals surface area (Å²) >= 11 is 0. The number of amides is 2. The molecule has 340 valence electrons. The molecule has 7 rings (SSSR count). The molecule has 2 aliphatic carbocycles. The number of hydrogen-bond acceptors (Lipinski definition) is 11. The van der Waals surface area contributed by atoms with Crippen LogP contribution in [0.4, 0.5) is 4.39 Å². The number of nitrogens with one attached hydrogen (secondary N) is 1. The molecule has 63 heavy (non-hydrogen) atoms. The number of ketones is 1. The van der Waals surface area contributed by atoms with Crippen LogP contribution in [-0.4, -0.2) is 85.1 Å². The molecule has 1 saturated heterocycles. The number of hydrogen-bond donors (Lipinski definition) is 1. The third-order valence-corrected chi connectivity index (χ3v) is 14.6. The minimum atomic E-state index is -3.90. The molecule has 0 unspecified atom stereocenters. The highest BCUT2D eigenvalue weighted by atomic mass is 32.2. The van der Waals surface area contributed by atoms with Gasteiger partial charge in [-0.15, -0.1) is 0 Å². The molecular weight excluding hydrogens is 830 g/mol. The molecule has 2 aromatic carbocycles. The summed E-state index contributed by atoms with van der Waals surface area (Å²) < 4.78 is 67.1. The number of carbonyl (C=O) groups excluding carboxylic acids is 4. The first-order chi connectivity index (χ1) is 29.9. The van der Waals surface area contributed by atoms with E-state index in [1.54, 1.807) is 51.3 Å². The smallest absolute Gasteiger partial charge is 0.306 e. The van der Waals surface area contributed by atoms with E-state index in [1.807, 2.05) is 39.0 Å². The van der Waals surface area contributed by atoms with Crippen LogP contribution in [0.25, 0.3) is 22.0 Å². The van der Waals surface area contributed by atoms with E-state index in [1.165, 1.54) is 11.0 Å². The van der Waals surface area contributed by atoms with Crippen LogP contribution < -0.4 is 18.9 Å². The molecule has 3 heterocycles. The van der Waals surface area contributed by atoms with Crippen LogP contribution in [0.3, 0.4) is 0 Å². The summed E-state index contributed by atoms with van der Waals surface area (Å²) in [4.78, 5) is 63.5. The molecule has 4 aliphatic rings. The van der Waals surface area contributed by atoms with Crippen molar-refractivity contribution < 1.29 is 50.9 Å². The maximum Gasteiger partial charge on any atom is 0.306 e. The van der Waals surface area contributed by atoms with Gasteiger partial charge in [0.2, 0.25) is 27.7 Å². The lowest BCUT2D eigenvalue weighted by atomic mass is 9.82. The van der Waals surface area contributed by atoms with Gasteiger partial charge in [-0.05, 0) is 132 Å². The van der Waals surface area contributed by atoms with E-state index in [0.717, 1.165) is 6.42 Å². The number of ether oxygens (including phenoxy) is 4. The van der Waals surface area contributed by atoms with Crippen molar-refractivity contribution in [3.63, 3.8) is 0 Å². The lowest BCUT2D eigenvalue weighted by molar-refractivity contribution is -0.154. The van der Waals surface area contributed by atoms with Crippen molar-refractivity contribution in [1.29, 1.82) is 0 Å². The minimum absolute atomic E-state index is 0.0365. The number of sulfonamides is 1. The molecule has 13 nitrogen and oxygen atoms in total. The van der Waals surface area contributed by atoms with Gasteiger partial charge in [-0.3, -0.25) is 23.9 Å². The highest BCUT2D eigenvalue weighted by Crippen LogP contribution is 2.57. The van der Waals surface area contributed by atoms with Crippen LogP contribution in [0, 0.1) is 34.9 Å². The van der Waals surface area contributed by atoms with Crippen LogP contribution >= 0.6 is 0 Å². The fourth-order valence-electron chi connectivity index (χ4n) is 9.21. The van der Waals surface area contributed by atoms with Gasteiger partial charge in [0.15, 0.2) is 17.3 Å². The maximum absolute atomic E-state index is 15.3. The molecule has 2 amide bonds. The molecule has 2 aliphatic heterocycles. The third kappa shape index (κ3) is 10.5. The molecular formula is C48H60FN3O10S. The molecule has 0 bridgehead atoms.